The molecule has 0 aliphatic carbocycles. The summed E-state index contributed by atoms with van der Waals surface area (Å²) in [6, 6.07) is 10.3. The number of rotatable bonds is 3. The van der Waals surface area contributed by atoms with Crippen molar-refractivity contribution in [3.63, 3.8) is 0 Å². The number of nitriles is 1. The van der Waals surface area contributed by atoms with Crippen LogP contribution in [0.25, 0.3) is 16.8 Å². The molecule has 1 aromatic carbocycles. The lowest BCUT2D eigenvalue weighted by Crippen LogP contribution is -2.24. The summed E-state index contributed by atoms with van der Waals surface area (Å²) in [5.41, 5.74) is -1.90. The van der Waals surface area contributed by atoms with Crippen molar-refractivity contribution in [2.24, 2.45) is 0 Å². The topological polar surface area (TPSA) is 67.4 Å². The number of ether oxygens (including phenoxy) is 1. The molecule has 0 atom stereocenters. The fraction of sp³-hybridized carbons (Fsp3) is 0.167. The highest BCUT2D eigenvalue weighted by atomic mass is 19.4. The third kappa shape index (κ3) is 3.24. The van der Waals surface area contributed by atoms with Crippen LogP contribution in [0.15, 0.2) is 47.4 Å². The van der Waals surface area contributed by atoms with Gasteiger partial charge < -0.3 is 4.74 Å². The van der Waals surface area contributed by atoms with E-state index >= 15 is 0 Å². The van der Waals surface area contributed by atoms with E-state index < -0.39 is 23.0 Å². The van der Waals surface area contributed by atoms with E-state index in [0.29, 0.717) is 11.3 Å². The van der Waals surface area contributed by atoms with Crippen LogP contribution in [0.3, 0.4) is 0 Å². The Morgan fingerprint density at radius 1 is 1.23 bits per heavy atom. The van der Waals surface area contributed by atoms with Gasteiger partial charge in [-0.25, -0.2) is 4.98 Å². The molecule has 2 heterocycles. The van der Waals surface area contributed by atoms with E-state index in [1.807, 2.05) is 0 Å². The molecule has 0 radical (unpaired) electrons. The summed E-state index contributed by atoms with van der Waals surface area (Å²) in [6.45, 7) is 1.51. The first kappa shape index (κ1) is 17.5. The minimum atomic E-state index is -4.79. The first-order chi connectivity index (χ1) is 12.3. The van der Waals surface area contributed by atoms with Gasteiger partial charge >= 0.3 is 6.18 Å². The second kappa shape index (κ2) is 6.52. The zero-order chi connectivity index (χ0) is 18.9. The van der Waals surface area contributed by atoms with Gasteiger partial charge in [0.05, 0.1) is 5.56 Å². The number of nitrogens with zero attached hydrogens (tertiary/aromatic N) is 3. The quantitative estimate of drug-likeness (QED) is 0.717. The molecule has 8 heteroatoms. The molecule has 0 bridgehead atoms. The third-order valence-corrected chi connectivity index (χ3v) is 3.70. The molecule has 0 aliphatic rings. The van der Waals surface area contributed by atoms with Crippen molar-refractivity contribution < 1.29 is 17.9 Å². The van der Waals surface area contributed by atoms with E-state index in [1.165, 1.54) is 36.5 Å². The average Bonchev–Trinajstić information content (AvgIpc) is 2.59. The fourth-order valence-corrected chi connectivity index (χ4v) is 2.54. The molecule has 132 valence electrons. The van der Waals surface area contributed by atoms with Crippen molar-refractivity contribution >= 4 is 5.65 Å². The van der Waals surface area contributed by atoms with Crippen LogP contribution in [-0.2, 0) is 6.18 Å². The maximum atomic E-state index is 13.5. The number of pyridine rings is 1. The van der Waals surface area contributed by atoms with Crippen LogP contribution >= 0.6 is 0 Å². The lowest BCUT2D eigenvalue weighted by Gasteiger charge is -2.14. The van der Waals surface area contributed by atoms with Crippen molar-refractivity contribution in [1.29, 1.82) is 5.26 Å². The zero-order valence-corrected chi connectivity index (χ0v) is 13.5. The van der Waals surface area contributed by atoms with Crippen molar-refractivity contribution in [1.82, 2.24) is 9.38 Å². The second-order valence-electron chi connectivity index (χ2n) is 5.54. The Balaban J connectivity index is 2.24. The molecule has 3 rings (SSSR count). The molecular formula is C18H12F3N3O2. The van der Waals surface area contributed by atoms with E-state index in [9.17, 15) is 18.0 Å². The highest BCUT2D eigenvalue weighted by Crippen LogP contribution is 2.34. The molecule has 0 fully saturated rings. The Kier molecular flexibility index (Phi) is 4.38. The van der Waals surface area contributed by atoms with E-state index in [2.05, 4.69) is 4.98 Å². The van der Waals surface area contributed by atoms with E-state index in [0.717, 1.165) is 4.40 Å². The van der Waals surface area contributed by atoms with Gasteiger partial charge in [-0.2, -0.15) is 18.4 Å². The summed E-state index contributed by atoms with van der Waals surface area (Å²) < 4.78 is 46.7. The predicted octanol–water partition coefficient (Wildman–Crippen LogP) is 3.59. The minimum Gasteiger partial charge on any atom is -0.479 e. The van der Waals surface area contributed by atoms with Gasteiger partial charge in [-0.3, -0.25) is 9.20 Å². The van der Waals surface area contributed by atoms with Gasteiger partial charge in [-0.05, 0) is 42.3 Å². The second-order valence-corrected chi connectivity index (χ2v) is 5.54. The molecule has 26 heavy (non-hydrogen) atoms. The molecule has 0 N–H and O–H groups in total. The summed E-state index contributed by atoms with van der Waals surface area (Å²) in [5, 5.41) is 8.49. The number of hydrogen-bond acceptors (Lipinski definition) is 4. The normalized spacial score (nSPS) is 11.3. The van der Waals surface area contributed by atoms with Crippen LogP contribution in [0, 0.1) is 18.3 Å². The van der Waals surface area contributed by atoms with Gasteiger partial charge in [0.1, 0.15) is 17.5 Å². The van der Waals surface area contributed by atoms with E-state index in [1.54, 1.807) is 19.1 Å². The number of halogens is 3. The molecule has 5 nitrogen and oxygen atoms in total. The molecule has 2 aromatic heterocycles. The number of fused-ring (bicyclic) bond motifs is 1. The first-order valence-corrected chi connectivity index (χ1v) is 7.51. The van der Waals surface area contributed by atoms with Crippen molar-refractivity contribution in [3.8, 4) is 22.9 Å². The van der Waals surface area contributed by atoms with Crippen molar-refractivity contribution in [2.45, 2.75) is 13.1 Å². The van der Waals surface area contributed by atoms with Crippen molar-refractivity contribution in [3.05, 3.63) is 64.2 Å². The van der Waals surface area contributed by atoms with E-state index in [4.69, 9.17) is 10.00 Å². The van der Waals surface area contributed by atoms with Crippen molar-refractivity contribution in [2.75, 3.05) is 6.61 Å². The monoisotopic (exact) mass is 359 g/mol. The number of benzene rings is 1. The van der Waals surface area contributed by atoms with Crippen LogP contribution in [0.4, 0.5) is 13.2 Å². The minimum absolute atomic E-state index is 0.0640. The number of alkyl halides is 3. The Morgan fingerprint density at radius 2 is 1.92 bits per heavy atom. The summed E-state index contributed by atoms with van der Waals surface area (Å²) in [7, 11) is 0. The summed E-state index contributed by atoms with van der Waals surface area (Å²) >= 11 is 0. The van der Waals surface area contributed by atoms with Gasteiger partial charge in [0.2, 0.25) is 0 Å². The molecular weight excluding hydrogens is 347 g/mol. The summed E-state index contributed by atoms with van der Waals surface area (Å²) in [4.78, 5) is 16.4. The highest BCUT2D eigenvalue weighted by Gasteiger charge is 2.38. The van der Waals surface area contributed by atoms with Crippen LogP contribution in [0.2, 0.25) is 0 Å². The fourth-order valence-electron chi connectivity index (χ4n) is 2.54. The predicted molar refractivity (Wildman–Crippen MR) is 87.7 cm³/mol. The Hall–Kier alpha value is -3.34. The van der Waals surface area contributed by atoms with Crippen LogP contribution < -0.4 is 10.3 Å². The van der Waals surface area contributed by atoms with Crippen LogP contribution in [0.1, 0.15) is 11.3 Å². The highest BCUT2D eigenvalue weighted by molar-refractivity contribution is 5.68. The maximum Gasteiger partial charge on any atom is 0.434 e. The van der Waals surface area contributed by atoms with Gasteiger partial charge in [-0.1, -0.05) is 12.1 Å². The molecule has 0 saturated carbocycles. The Labute approximate surface area is 145 Å². The molecule has 3 aromatic rings. The summed E-state index contributed by atoms with van der Waals surface area (Å²) in [6.07, 6.45) is -3.39. The summed E-state index contributed by atoms with van der Waals surface area (Å²) in [5.74, 6) is 0.313. The Morgan fingerprint density at radius 3 is 2.54 bits per heavy atom. The van der Waals surface area contributed by atoms with Crippen LogP contribution in [-0.4, -0.2) is 16.0 Å². The van der Waals surface area contributed by atoms with Gasteiger partial charge in [0, 0.05) is 6.20 Å². The largest absolute Gasteiger partial charge is 0.479 e. The lowest BCUT2D eigenvalue weighted by molar-refractivity contribution is -0.140. The van der Waals surface area contributed by atoms with Crippen LogP contribution in [0.5, 0.6) is 5.75 Å². The lowest BCUT2D eigenvalue weighted by atomic mass is 10.0. The molecule has 0 amide bonds. The first-order valence-electron chi connectivity index (χ1n) is 7.51. The third-order valence-electron chi connectivity index (χ3n) is 3.70. The van der Waals surface area contributed by atoms with Gasteiger partial charge in [-0.15, -0.1) is 0 Å². The zero-order valence-electron chi connectivity index (χ0n) is 13.5. The van der Waals surface area contributed by atoms with Gasteiger partial charge in [0.15, 0.2) is 12.3 Å². The van der Waals surface area contributed by atoms with E-state index in [-0.39, 0.29) is 17.8 Å². The molecule has 0 spiro atoms. The number of aryl methyl sites for hydroxylation is 1. The van der Waals surface area contributed by atoms with Gasteiger partial charge in [0.25, 0.3) is 5.56 Å². The maximum absolute atomic E-state index is 13.5. The molecule has 0 aliphatic heterocycles. The SMILES string of the molecule is Cc1ccn2c(=O)c(-c3ccc(OCC#N)cc3)c(C(F)(F)F)nc2c1. The smallest absolute Gasteiger partial charge is 0.434 e. The number of aromatic nitrogens is 2. The molecule has 0 saturated heterocycles. The Bertz CT molecular complexity index is 1060. The number of hydrogen-bond donors (Lipinski definition) is 0. The standard InChI is InChI=1S/C18H12F3N3O2/c1-11-6-8-24-14(10-11)23-16(18(19,20)21)15(17(24)25)12-2-4-13(5-3-12)26-9-7-22/h2-6,8,10H,9H2,1H3. The average molecular weight is 359 g/mol. The molecule has 0 unspecified atom stereocenters.